The van der Waals surface area contributed by atoms with Crippen LogP contribution in [0.1, 0.15) is 0 Å². The molecule has 1 N–H and O–H groups in total. The molecule has 0 unspecified atom stereocenters. The molecular formula is C9H9ClFN3. The maximum Gasteiger partial charge on any atom is 0.203 e. The van der Waals surface area contributed by atoms with Gasteiger partial charge in [0.15, 0.2) is 0 Å². The number of nitrogens with one attached hydrogen (secondary N) is 1. The smallest absolute Gasteiger partial charge is 0.203 e. The Morgan fingerprint density at radius 1 is 1.43 bits per heavy atom. The second-order valence-corrected chi connectivity index (χ2v) is 3.65. The summed E-state index contributed by atoms with van der Waals surface area (Å²) < 4.78 is 13.1. The van der Waals surface area contributed by atoms with E-state index in [0.29, 0.717) is 17.0 Å². The van der Waals surface area contributed by atoms with Crippen LogP contribution in [0, 0.1) is 5.82 Å². The molecule has 0 saturated heterocycles. The van der Waals surface area contributed by atoms with E-state index in [1.54, 1.807) is 0 Å². The number of aromatic amines is 1. The lowest BCUT2D eigenvalue weighted by Gasteiger charge is -2.05. The lowest BCUT2D eigenvalue weighted by atomic mass is 10.3. The number of imidazole rings is 1. The van der Waals surface area contributed by atoms with E-state index in [2.05, 4.69) is 9.97 Å². The molecule has 5 heteroatoms. The fourth-order valence-corrected chi connectivity index (χ4v) is 1.36. The molecule has 0 fully saturated rings. The third kappa shape index (κ3) is 1.42. The van der Waals surface area contributed by atoms with Gasteiger partial charge in [0, 0.05) is 20.2 Å². The summed E-state index contributed by atoms with van der Waals surface area (Å²) in [6.07, 6.45) is 0. The van der Waals surface area contributed by atoms with Crippen molar-refractivity contribution >= 4 is 28.6 Å². The quantitative estimate of drug-likeness (QED) is 0.789. The van der Waals surface area contributed by atoms with Crippen LogP contribution in [-0.2, 0) is 0 Å². The van der Waals surface area contributed by atoms with Crippen LogP contribution in [0.4, 0.5) is 10.3 Å². The Kier molecular flexibility index (Phi) is 2.07. The lowest BCUT2D eigenvalue weighted by Crippen LogP contribution is -2.09. The number of fused-ring (bicyclic) bond motifs is 1. The van der Waals surface area contributed by atoms with Gasteiger partial charge in [0.1, 0.15) is 5.82 Å². The molecule has 0 aliphatic heterocycles. The number of hydrogen-bond acceptors (Lipinski definition) is 2. The summed E-state index contributed by atoms with van der Waals surface area (Å²) in [5, 5.41) is 0.0920. The minimum absolute atomic E-state index is 0.0920. The van der Waals surface area contributed by atoms with Crippen molar-refractivity contribution in [2.75, 3.05) is 19.0 Å². The summed E-state index contributed by atoms with van der Waals surface area (Å²) in [4.78, 5) is 9.02. The number of aromatic nitrogens is 2. The minimum Gasteiger partial charge on any atom is -0.349 e. The first-order valence-electron chi connectivity index (χ1n) is 4.10. The van der Waals surface area contributed by atoms with Crippen molar-refractivity contribution in [1.82, 2.24) is 9.97 Å². The van der Waals surface area contributed by atoms with Gasteiger partial charge in [-0.15, -0.1) is 0 Å². The van der Waals surface area contributed by atoms with Crippen LogP contribution in [0.3, 0.4) is 0 Å². The topological polar surface area (TPSA) is 31.9 Å². The Balaban J connectivity index is 2.66. The molecule has 0 spiro atoms. The van der Waals surface area contributed by atoms with Crippen LogP contribution >= 0.6 is 11.6 Å². The maximum absolute atomic E-state index is 13.1. The van der Waals surface area contributed by atoms with Crippen LogP contribution in [0.5, 0.6) is 0 Å². The molecule has 3 nitrogen and oxygen atoms in total. The normalized spacial score (nSPS) is 10.9. The molecule has 74 valence electrons. The van der Waals surface area contributed by atoms with Crippen molar-refractivity contribution in [2.45, 2.75) is 0 Å². The summed E-state index contributed by atoms with van der Waals surface area (Å²) >= 11 is 5.63. The Morgan fingerprint density at radius 3 is 2.79 bits per heavy atom. The van der Waals surface area contributed by atoms with E-state index < -0.39 is 5.82 Å². The fraction of sp³-hybridized carbons (Fsp3) is 0.222. The monoisotopic (exact) mass is 213 g/mol. The van der Waals surface area contributed by atoms with Gasteiger partial charge in [0.05, 0.1) is 16.1 Å². The predicted molar refractivity (Wildman–Crippen MR) is 55.4 cm³/mol. The van der Waals surface area contributed by atoms with Gasteiger partial charge in [0.2, 0.25) is 5.95 Å². The summed E-state index contributed by atoms with van der Waals surface area (Å²) in [7, 11) is 3.71. The van der Waals surface area contributed by atoms with Crippen LogP contribution in [0.15, 0.2) is 12.1 Å². The fourth-order valence-electron chi connectivity index (χ4n) is 1.20. The molecule has 0 amide bonds. The molecule has 0 bridgehead atoms. The Labute approximate surface area is 85.5 Å². The Morgan fingerprint density at radius 2 is 2.14 bits per heavy atom. The number of benzene rings is 1. The molecule has 0 aliphatic carbocycles. The average Bonchev–Trinajstić information content (AvgIpc) is 2.48. The molecule has 0 radical (unpaired) electrons. The van der Waals surface area contributed by atoms with Crippen molar-refractivity contribution in [2.24, 2.45) is 0 Å². The van der Waals surface area contributed by atoms with E-state index in [0.717, 1.165) is 0 Å². The van der Waals surface area contributed by atoms with E-state index in [9.17, 15) is 4.39 Å². The molecule has 0 saturated carbocycles. The van der Waals surface area contributed by atoms with E-state index in [4.69, 9.17) is 11.6 Å². The SMILES string of the molecule is CN(C)c1nc2cc(Cl)c(F)cc2[nH]1. The molecule has 2 rings (SSSR count). The lowest BCUT2D eigenvalue weighted by molar-refractivity contribution is 0.630. The summed E-state index contributed by atoms with van der Waals surface area (Å²) in [5.41, 5.74) is 1.32. The molecule has 1 aromatic carbocycles. The molecule has 14 heavy (non-hydrogen) atoms. The number of hydrogen-bond donors (Lipinski definition) is 1. The summed E-state index contributed by atoms with van der Waals surface area (Å²) in [6.45, 7) is 0. The first-order valence-corrected chi connectivity index (χ1v) is 4.48. The zero-order chi connectivity index (χ0) is 10.3. The highest BCUT2D eigenvalue weighted by Crippen LogP contribution is 2.22. The molecular weight excluding hydrogens is 205 g/mol. The second kappa shape index (κ2) is 3.13. The van der Waals surface area contributed by atoms with Gasteiger partial charge in [-0.3, -0.25) is 0 Å². The Bertz CT molecular complexity index is 439. The molecule has 2 aromatic rings. The van der Waals surface area contributed by atoms with Gasteiger partial charge >= 0.3 is 0 Å². The van der Waals surface area contributed by atoms with E-state index in [1.807, 2.05) is 19.0 Å². The first-order chi connectivity index (χ1) is 6.58. The third-order valence-electron chi connectivity index (χ3n) is 1.94. The standard InChI is InChI=1S/C9H9ClFN3/c1-14(2)9-12-7-3-5(10)6(11)4-8(7)13-9/h3-4H,1-2H3,(H,12,13). The van der Waals surface area contributed by atoms with Crippen LogP contribution in [0.2, 0.25) is 5.02 Å². The average molecular weight is 214 g/mol. The molecule has 1 heterocycles. The van der Waals surface area contributed by atoms with Crippen molar-refractivity contribution in [1.29, 1.82) is 0 Å². The first kappa shape index (κ1) is 9.27. The third-order valence-corrected chi connectivity index (χ3v) is 2.22. The number of H-pyrrole nitrogens is 1. The van der Waals surface area contributed by atoms with Crippen molar-refractivity contribution < 1.29 is 4.39 Å². The molecule has 0 aliphatic rings. The molecule has 1 aromatic heterocycles. The van der Waals surface area contributed by atoms with Crippen LogP contribution in [0.25, 0.3) is 11.0 Å². The van der Waals surface area contributed by atoms with Gasteiger partial charge in [-0.25, -0.2) is 9.37 Å². The zero-order valence-electron chi connectivity index (χ0n) is 7.81. The van der Waals surface area contributed by atoms with Gasteiger partial charge in [0.25, 0.3) is 0 Å². The van der Waals surface area contributed by atoms with Gasteiger partial charge in [-0.1, -0.05) is 11.6 Å². The molecule has 0 atom stereocenters. The largest absolute Gasteiger partial charge is 0.349 e. The number of rotatable bonds is 1. The van der Waals surface area contributed by atoms with Crippen molar-refractivity contribution in [3.05, 3.63) is 23.0 Å². The Hall–Kier alpha value is -1.29. The number of nitrogens with zero attached hydrogens (tertiary/aromatic N) is 2. The predicted octanol–water partition coefficient (Wildman–Crippen LogP) is 2.42. The second-order valence-electron chi connectivity index (χ2n) is 3.24. The number of halogens is 2. The highest BCUT2D eigenvalue weighted by Gasteiger charge is 2.07. The van der Waals surface area contributed by atoms with E-state index >= 15 is 0 Å². The summed E-state index contributed by atoms with van der Waals surface area (Å²) in [6, 6.07) is 2.85. The minimum atomic E-state index is -0.437. The maximum atomic E-state index is 13.1. The van der Waals surface area contributed by atoms with Crippen molar-refractivity contribution in [3.8, 4) is 0 Å². The van der Waals surface area contributed by atoms with Crippen LogP contribution in [-0.4, -0.2) is 24.1 Å². The van der Waals surface area contributed by atoms with Gasteiger partial charge in [-0.2, -0.15) is 0 Å². The van der Waals surface area contributed by atoms with E-state index in [-0.39, 0.29) is 5.02 Å². The highest BCUT2D eigenvalue weighted by atomic mass is 35.5. The highest BCUT2D eigenvalue weighted by molar-refractivity contribution is 6.31. The van der Waals surface area contributed by atoms with Crippen molar-refractivity contribution in [3.63, 3.8) is 0 Å². The van der Waals surface area contributed by atoms with Gasteiger partial charge < -0.3 is 9.88 Å². The van der Waals surface area contributed by atoms with Crippen LogP contribution < -0.4 is 4.90 Å². The zero-order valence-corrected chi connectivity index (χ0v) is 8.56. The summed E-state index contributed by atoms with van der Waals surface area (Å²) in [5.74, 6) is 0.245. The number of anilines is 1. The van der Waals surface area contributed by atoms with E-state index in [1.165, 1.54) is 12.1 Å². The van der Waals surface area contributed by atoms with Gasteiger partial charge in [-0.05, 0) is 6.07 Å².